The van der Waals surface area contributed by atoms with Crippen LogP contribution in [0.15, 0.2) is 36.7 Å². The molecule has 0 spiro atoms. The molecule has 2 aromatic rings. The van der Waals surface area contributed by atoms with Crippen LogP contribution in [0.4, 0.5) is 5.95 Å². The molecule has 1 amide bonds. The van der Waals surface area contributed by atoms with E-state index in [1.165, 1.54) is 4.90 Å². The van der Waals surface area contributed by atoms with Crippen molar-refractivity contribution in [1.29, 1.82) is 0 Å². The summed E-state index contributed by atoms with van der Waals surface area (Å²) in [5, 5.41) is 0. The van der Waals surface area contributed by atoms with Crippen LogP contribution in [0.1, 0.15) is 5.56 Å². The summed E-state index contributed by atoms with van der Waals surface area (Å²) in [5.74, 6) is 1.56. The number of nitrogens with zero attached hydrogens (tertiary/aromatic N) is 3. The number of likely N-dealkylation sites (N-methyl/N-ethyl adjacent to an activating group) is 1. The lowest BCUT2D eigenvalue weighted by molar-refractivity contribution is -0.117. The highest BCUT2D eigenvalue weighted by Gasteiger charge is 2.14. The maximum Gasteiger partial charge on any atom is 0.233 e. The average molecular weight is 287 g/mol. The van der Waals surface area contributed by atoms with Gasteiger partial charge in [0.15, 0.2) is 0 Å². The Bertz CT molecular complexity index is 595. The predicted molar refractivity (Wildman–Crippen MR) is 78.7 cm³/mol. The van der Waals surface area contributed by atoms with Gasteiger partial charge in [-0.15, -0.1) is 0 Å². The van der Waals surface area contributed by atoms with Gasteiger partial charge in [-0.05, 0) is 23.8 Å². The largest absolute Gasteiger partial charge is 0.497 e. The zero-order valence-electron chi connectivity index (χ0n) is 12.2. The van der Waals surface area contributed by atoms with Gasteiger partial charge < -0.3 is 9.47 Å². The number of benzene rings is 1. The van der Waals surface area contributed by atoms with Gasteiger partial charge in [0.1, 0.15) is 11.5 Å². The average Bonchev–Trinajstić information content (AvgIpc) is 2.54. The molecule has 21 heavy (non-hydrogen) atoms. The molecule has 0 saturated heterocycles. The number of aromatic nitrogens is 2. The van der Waals surface area contributed by atoms with Gasteiger partial charge >= 0.3 is 0 Å². The van der Waals surface area contributed by atoms with E-state index >= 15 is 0 Å². The van der Waals surface area contributed by atoms with Crippen molar-refractivity contribution in [3.05, 3.63) is 42.2 Å². The minimum Gasteiger partial charge on any atom is -0.497 e. The number of rotatable bonds is 5. The summed E-state index contributed by atoms with van der Waals surface area (Å²) in [7, 11) is 4.80. The molecule has 1 heterocycles. The maximum absolute atomic E-state index is 12.3. The highest BCUT2D eigenvalue weighted by Crippen LogP contribution is 2.23. The van der Waals surface area contributed by atoms with Crippen LogP contribution in [0, 0.1) is 0 Å². The van der Waals surface area contributed by atoms with Crippen molar-refractivity contribution in [3.63, 3.8) is 0 Å². The summed E-state index contributed by atoms with van der Waals surface area (Å²) < 4.78 is 10.4. The normalized spacial score (nSPS) is 10.0. The fourth-order valence-electron chi connectivity index (χ4n) is 1.84. The lowest BCUT2D eigenvalue weighted by Gasteiger charge is -2.15. The van der Waals surface area contributed by atoms with Gasteiger partial charge in [0.2, 0.25) is 11.9 Å². The van der Waals surface area contributed by atoms with E-state index in [9.17, 15) is 4.79 Å². The SMILES string of the molecule is COc1cc(CC(=O)N(C)c2ncccn2)cc(OC)c1. The van der Waals surface area contributed by atoms with Crippen LogP contribution in [-0.4, -0.2) is 37.1 Å². The number of amides is 1. The molecule has 0 saturated carbocycles. The van der Waals surface area contributed by atoms with Gasteiger partial charge in [-0.2, -0.15) is 0 Å². The van der Waals surface area contributed by atoms with Crippen molar-refractivity contribution in [2.45, 2.75) is 6.42 Å². The van der Waals surface area contributed by atoms with Gasteiger partial charge in [0, 0.05) is 25.5 Å². The third-order valence-corrected chi connectivity index (χ3v) is 2.99. The fraction of sp³-hybridized carbons (Fsp3) is 0.267. The summed E-state index contributed by atoms with van der Waals surface area (Å²) in [6.45, 7) is 0. The Balaban J connectivity index is 2.16. The summed E-state index contributed by atoms with van der Waals surface area (Å²) in [6.07, 6.45) is 3.41. The lowest BCUT2D eigenvalue weighted by atomic mass is 10.1. The Morgan fingerprint density at radius 3 is 2.19 bits per heavy atom. The highest BCUT2D eigenvalue weighted by molar-refractivity contribution is 5.92. The molecule has 6 nitrogen and oxygen atoms in total. The van der Waals surface area contributed by atoms with Crippen molar-refractivity contribution in [1.82, 2.24) is 9.97 Å². The standard InChI is InChI=1S/C15H17N3O3/c1-18(15-16-5-4-6-17-15)14(19)9-11-7-12(20-2)10-13(8-11)21-3/h4-8,10H,9H2,1-3H3. The molecular weight excluding hydrogens is 270 g/mol. The number of hydrogen-bond acceptors (Lipinski definition) is 5. The molecule has 1 aromatic carbocycles. The Hall–Kier alpha value is -2.63. The second-order valence-electron chi connectivity index (χ2n) is 4.40. The number of ether oxygens (including phenoxy) is 2. The van der Waals surface area contributed by atoms with Gasteiger partial charge in [0.05, 0.1) is 20.6 Å². The summed E-state index contributed by atoms with van der Waals surface area (Å²) in [5.41, 5.74) is 0.805. The molecule has 0 aliphatic rings. The Kier molecular flexibility index (Phi) is 4.71. The van der Waals surface area contributed by atoms with Crippen LogP contribution in [-0.2, 0) is 11.2 Å². The second kappa shape index (κ2) is 6.69. The first-order chi connectivity index (χ1) is 10.1. The van der Waals surface area contributed by atoms with Crippen LogP contribution in [0.2, 0.25) is 0 Å². The number of hydrogen-bond donors (Lipinski definition) is 0. The molecule has 0 bridgehead atoms. The first-order valence-electron chi connectivity index (χ1n) is 6.39. The molecule has 0 radical (unpaired) electrons. The number of anilines is 1. The van der Waals surface area contributed by atoms with Crippen LogP contribution in [0.5, 0.6) is 11.5 Å². The zero-order valence-corrected chi connectivity index (χ0v) is 12.2. The van der Waals surface area contributed by atoms with E-state index in [0.717, 1.165) is 5.56 Å². The highest BCUT2D eigenvalue weighted by atomic mass is 16.5. The quantitative estimate of drug-likeness (QED) is 0.837. The van der Waals surface area contributed by atoms with Crippen LogP contribution in [0.25, 0.3) is 0 Å². The Morgan fingerprint density at radius 1 is 1.10 bits per heavy atom. The molecule has 0 N–H and O–H groups in total. The predicted octanol–water partition coefficient (Wildman–Crippen LogP) is 1.70. The number of carbonyl (C=O) groups is 1. The van der Waals surface area contributed by atoms with E-state index in [2.05, 4.69) is 9.97 Å². The van der Waals surface area contributed by atoms with Gasteiger partial charge in [-0.25, -0.2) is 9.97 Å². The van der Waals surface area contributed by atoms with Crippen molar-refractivity contribution in [2.75, 3.05) is 26.2 Å². The van der Waals surface area contributed by atoms with E-state index in [-0.39, 0.29) is 12.3 Å². The molecule has 0 atom stereocenters. The molecule has 0 aliphatic heterocycles. The van der Waals surface area contributed by atoms with Gasteiger partial charge in [0.25, 0.3) is 0 Å². The molecule has 0 aliphatic carbocycles. The second-order valence-corrected chi connectivity index (χ2v) is 4.40. The van der Waals surface area contributed by atoms with Gasteiger partial charge in [-0.3, -0.25) is 9.69 Å². The zero-order chi connectivity index (χ0) is 15.2. The van der Waals surface area contributed by atoms with Crippen LogP contribution in [0.3, 0.4) is 0 Å². The fourth-order valence-corrected chi connectivity index (χ4v) is 1.84. The molecule has 0 unspecified atom stereocenters. The summed E-state index contributed by atoms with van der Waals surface area (Å²) in [4.78, 5) is 21.8. The maximum atomic E-state index is 12.3. The minimum absolute atomic E-state index is 0.114. The lowest BCUT2D eigenvalue weighted by Crippen LogP contribution is -2.29. The first-order valence-corrected chi connectivity index (χ1v) is 6.39. The van der Waals surface area contributed by atoms with Crippen molar-refractivity contribution < 1.29 is 14.3 Å². The third kappa shape index (κ3) is 3.68. The van der Waals surface area contributed by atoms with Crippen LogP contribution < -0.4 is 14.4 Å². The minimum atomic E-state index is -0.114. The van der Waals surface area contributed by atoms with E-state index in [1.54, 1.807) is 57.9 Å². The number of carbonyl (C=O) groups excluding carboxylic acids is 1. The molecule has 2 rings (SSSR count). The molecule has 110 valence electrons. The summed E-state index contributed by atoms with van der Waals surface area (Å²) in [6, 6.07) is 7.08. The molecule has 1 aromatic heterocycles. The third-order valence-electron chi connectivity index (χ3n) is 2.99. The smallest absolute Gasteiger partial charge is 0.233 e. The van der Waals surface area contributed by atoms with Crippen molar-refractivity contribution >= 4 is 11.9 Å². The molecule has 0 fully saturated rings. The topological polar surface area (TPSA) is 64.5 Å². The molecule has 6 heteroatoms. The van der Waals surface area contributed by atoms with Crippen molar-refractivity contribution in [2.24, 2.45) is 0 Å². The van der Waals surface area contributed by atoms with E-state index in [1.807, 2.05) is 0 Å². The van der Waals surface area contributed by atoms with Crippen LogP contribution >= 0.6 is 0 Å². The monoisotopic (exact) mass is 287 g/mol. The first kappa shape index (κ1) is 14.8. The Morgan fingerprint density at radius 2 is 1.67 bits per heavy atom. The Labute approximate surface area is 123 Å². The molecular formula is C15H17N3O3. The van der Waals surface area contributed by atoms with E-state index in [4.69, 9.17) is 9.47 Å². The van der Waals surface area contributed by atoms with E-state index < -0.39 is 0 Å². The number of methoxy groups -OCH3 is 2. The van der Waals surface area contributed by atoms with Crippen molar-refractivity contribution in [3.8, 4) is 11.5 Å². The van der Waals surface area contributed by atoms with Gasteiger partial charge in [-0.1, -0.05) is 0 Å². The van der Waals surface area contributed by atoms with E-state index in [0.29, 0.717) is 17.4 Å². The summed E-state index contributed by atoms with van der Waals surface area (Å²) >= 11 is 0.